The zero-order valence-electron chi connectivity index (χ0n) is 13.1. The Kier molecular flexibility index (Phi) is 6.52. The Labute approximate surface area is 125 Å². The second-order valence-corrected chi connectivity index (χ2v) is 4.85. The molecule has 6 nitrogen and oxygen atoms in total. The molecule has 0 saturated heterocycles. The van der Waals surface area contributed by atoms with Gasteiger partial charge in [0.05, 0.1) is 27.5 Å². The maximum absolute atomic E-state index is 11.5. The molecule has 1 aromatic carbocycles. The minimum Gasteiger partial charge on any atom is -0.493 e. The third kappa shape index (κ3) is 4.98. The molecule has 0 bridgehead atoms. The molecule has 0 radical (unpaired) electrons. The third-order valence-corrected chi connectivity index (χ3v) is 2.68. The number of ether oxygens (including phenoxy) is 3. The summed E-state index contributed by atoms with van der Waals surface area (Å²) in [6, 6.07) is 3.50. The van der Waals surface area contributed by atoms with Crippen molar-refractivity contribution in [3.63, 3.8) is 0 Å². The lowest BCUT2D eigenvalue weighted by atomic mass is 10.1. The molecule has 1 N–H and O–H groups in total. The lowest BCUT2D eigenvalue weighted by molar-refractivity contribution is -0.121. The van der Waals surface area contributed by atoms with Gasteiger partial charge in [-0.15, -0.1) is 0 Å². The van der Waals surface area contributed by atoms with Gasteiger partial charge in [-0.25, -0.2) is 5.43 Å². The first-order valence-electron chi connectivity index (χ1n) is 6.63. The van der Waals surface area contributed by atoms with Crippen molar-refractivity contribution in [1.82, 2.24) is 5.43 Å². The van der Waals surface area contributed by atoms with Crippen molar-refractivity contribution < 1.29 is 19.0 Å². The molecule has 1 amide bonds. The number of nitrogens with zero attached hydrogens (tertiary/aromatic N) is 1. The van der Waals surface area contributed by atoms with Crippen LogP contribution in [0.3, 0.4) is 0 Å². The molecule has 6 heteroatoms. The molecule has 0 spiro atoms. The van der Waals surface area contributed by atoms with Gasteiger partial charge in [0.25, 0.3) is 0 Å². The van der Waals surface area contributed by atoms with E-state index in [1.54, 1.807) is 33.5 Å². The van der Waals surface area contributed by atoms with E-state index >= 15 is 0 Å². The maximum atomic E-state index is 11.5. The van der Waals surface area contributed by atoms with Crippen molar-refractivity contribution in [2.24, 2.45) is 11.0 Å². The largest absolute Gasteiger partial charge is 0.493 e. The van der Waals surface area contributed by atoms with Crippen LogP contribution in [-0.4, -0.2) is 33.5 Å². The van der Waals surface area contributed by atoms with Crippen LogP contribution in [0, 0.1) is 5.92 Å². The minimum absolute atomic E-state index is 0.117. The third-order valence-electron chi connectivity index (χ3n) is 2.68. The van der Waals surface area contributed by atoms with Gasteiger partial charge in [-0.2, -0.15) is 5.10 Å². The van der Waals surface area contributed by atoms with Gasteiger partial charge in [0.2, 0.25) is 11.7 Å². The molecule has 0 aliphatic carbocycles. The standard InChI is InChI=1S/C15H22N2O4/c1-10(2)6-14(18)17-16-9-11-7-12(19-3)15(21-5)13(8-11)20-4/h7-10H,6H2,1-5H3,(H,17,18)/b16-9-. The van der Waals surface area contributed by atoms with E-state index in [0.717, 1.165) is 5.56 Å². The molecular weight excluding hydrogens is 272 g/mol. The predicted octanol–water partition coefficient (Wildman–Crippen LogP) is 2.21. The first-order valence-corrected chi connectivity index (χ1v) is 6.63. The van der Waals surface area contributed by atoms with Crippen molar-refractivity contribution in [2.45, 2.75) is 20.3 Å². The average Bonchev–Trinajstić information content (AvgIpc) is 2.45. The van der Waals surface area contributed by atoms with E-state index in [2.05, 4.69) is 10.5 Å². The van der Waals surface area contributed by atoms with Crippen LogP contribution in [0.4, 0.5) is 0 Å². The maximum Gasteiger partial charge on any atom is 0.240 e. The number of amides is 1. The van der Waals surface area contributed by atoms with Gasteiger partial charge in [-0.05, 0) is 18.1 Å². The molecule has 0 aromatic heterocycles. The first kappa shape index (κ1) is 16.8. The van der Waals surface area contributed by atoms with E-state index in [0.29, 0.717) is 29.6 Å². The van der Waals surface area contributed by atoms with Crippen LogP contribution in [0.2, 0.25) is 0 Å². The summed E-state index contributed by atoms with van der Waals surface area (Å²) in [4.78, 5) is 11.5. The molecule has 1 aromatic rings. The first-order chi connectivity index (χ1) is 10.0. The Morgan fingerprint density at radius 2 is 1.76 bits per heavy atom. The molecule has 0 aliphatic rings. The summed E-state index contributed by atoms with van der Waals surface area (Å²) < 4.78 is 15.7. The molecule has 0 fully saturated rings. The van der Waals surface area contributed by atoms with Gasteiger partial charge in [-0.3, -0.25) is 4.79 Å². The second-order valence-electron chi connectivity index (χ2n) is 4.85. The van der Waals surface area contributed by atoms with E-state index in [1.807, 2.05) is 13.8 Å². The summed E-state index contributed by atoms with van der Waals surface area (Å²) in [6.07, 6.45) is 1.97. The summed E-state index contributed by atoms with van der Waals surface area (Å²) in [7, 11) is 4.63. The summed E-state index contributed by atoms with van der Waals surface area (Å²) in [5.41, 5.74) is 3.21. The molecule has 0 unspecified atom stereocenters. The molecule has 116 valence electrons. The SMILES string of the molecule is COc1cc(/C=N\NC(=O)CC(C)C)cc(OC)c1OC. The van der Waals surface area contributed by atoms with Crippen LogP contribution >= 0.6 is 0 Å². The van der Waals surface area contributed by atoms with E-state index < -0.39 is 0 Å². The number of benzene rings is 1. The van der Waals surface area contributed by atoms with Crippen LogP contribution in [0.1, 0.15) is 25.8 Å². The van der Waals surface area contributed by atoms with E-state index in [1.165, 1.54) is 6.21 Å². The number of hydrogen-bond donors (Lipinski definition) is 1. The number of methoxy groups -OCH3 is 3. The van der Waals surface area contributed by atoms with Crippen LogP contribution in [0.5, 0.6) is 17.2 Å². The Morgan fingerprint density at radius 3 is 2.19 bits per heavy atom. The molecule has 1 rings (SSSR count). The highest BCUT2D eigenvalue weighted by Gasteiger charge is 2.12. The molecule has 0 heterocycles. The van der Waals surface area contributed by atoms with Gasteiger partial charge < -0.3 is 14.2 Å². The molecular formula is C15H22N2O4. The fraction of sp³-hybridized carbons (Fsp3) is 0.467. The van der Waals surface area contributed by atoms with Crippen molar-refractivity contribution >= 4 is 12.1 Å². The monoisotopic (exact) mass is 294 g/mol. The molecule has 0 atom stereocenters. The number of hydrazone groups is 1. The normalized spacial score (nSPS) is 10.8. The zero-order valence-corrected chi connectivity index (χ0v) is 13.1. The molecule has 0 aliphatic heterocycles. The zero-order chi connectivity index (χ0) is 15.8. The fourth-order valence-corrected chi connectivity index (χ4v) is 1.77. The Morgan fingerprint density at radius 1 is 1.19 bits per heavy atom. The van der Waals surface area contributed by atoms with Gasteiger partial charge in [0.15, 0.2) is 11.5 Å². The number of rotatable bonds is 7. The number of hydrogen-bond acceptors (Lipinski definition) is 5. The summed E-state index contributed by atoms with van der Waals surface area (Å²) >= 11 is 0. The Bertz CT molecular complexity index is 487. The number of carbonyl (C=O) groups excluding carboxylic acids is 1. The topological polar surface area (TPSA) is 69.2 Å². The highest BCUT2D eigenvalue weighted by Crippen LogP contribution is 2.37. The number of nitrogens with one attached hydrogen (secondary N) is 1. The fourth-order valence-electron chi connectivity index (χ4n) is 1.77. The van der Waals surface area contributed by atoms with E-state index in [4.69, 9.17) is 14.2 Å². The van der Waals surface area contributed by atoms with E-state index in [9.17, 15) is 4.79 Å². The van der Waals surface area contributed by atoms with Crippen molar-refractivity contribution in [3.8, 4) is 17.2 Å². The van der Waals surface area contributed by atoms with Gasteiger partial charge in [0.1, 0.15) is 0 Å². The minimum atomic E-state index is -0.117. The lowest BCUT2D eigenvalue weighted by Gasteiger charge is -2.12. The smallest absolute Gasteiger partial charge is 0.240 e. The Balaban J connectivity index is 2.86. The predicted molar refractivity (Wildman–Crippen MR) is 81.3 cm³/mol. The summed E-state index contributed by atoms with van der Waals surface area (Å²) in [5.74, 6) is 1.76. The van der Waals surface area contributed by atoms with Crippen molar-refractivity contribution in [2.75, 3.05) is 21.3 Å². The second kappa shape index (κ2) is 8.14. The van der Waals surface area contributed by atoms with Gasteiger partial charge in [0, 0.05) is 12.0 Å². The van der Waals surface area contributed by atoms with Crippen LogP contribution in [0.15, 0.2) is 17.2 Å². The molecule has 21 heavy (non-hydrogen) atoms. The summed E-state index contributed by atoms with van der Waals surface area (Å²) in [6.45, 7) is 3.95. The molecule has 0 saturated carbocycles. The number of carbonyl (C=O) groups is 1. The van der Waals surface area contributed by atoms with Crippen molar-refractivity contribution in [3.05, 3.63) is 17.7 Å². The van der Waals surface area contributed by atoms with Gasteiger partial charge >= 0.3 is 0 Å². The van der Waals surface area contributed by atoms with Crippen molar-refractivity contribution in [1.29, 1.82) is 0 Å². The highest BCUT2D eigenvalue weighted by atomic mass is 16.5. The average molecular weight is 294 g/mol. The van der Waals surface area contributed by atoms with Crippen LogP contribution in [-0.2, 0) is 4.79 Å². The lowest BCUT2D eigenvalue weighted by Crippen LogP contribution is -2.19. The van der Waals surface area contributed by atoms with Gasteiger partial charge in [-0.1, -0.05) is 13.8 Å². The summed E-state index contributed by atoms with van der Waals surface area (Å²) in [5, 5.41) is 3.92. The van der Waals surface area contributed by atoms with Crippen LogP contribution in [0.25, 0.3) is 0 Å². The van der Waals surface area contributed by atoms with Crippen LogP contribution < -0.4 is 19.6 Å². The highest BCUT2D eigenvalue weighted by molar-refractivity contribution is 5.84. The Hall–Kier alpha value is -2.24. The van der Waals surface area contributed by atoms with E-state index in [-0.39, 0.29) is 5.91 Å². The quantitative estimate of drug-likeness (QED) is 0.618.